The third-order valence-corrected chi connectivity index (χ3v) is 3.98. The lowest BCUT2D eigenvalue weighted by Gasteiger charge is -2.13. The molecule has 2 rings (SSSR count). The van der Waals surface area contributed by atoms with Crippen molar-refractivity contribution in [3.05, 3.63) is 57.1 Å². The lowest BCUT2D eigenvalue weighted by Crippen LogP contribution is -2.07. The average molecular weight is 349 g/mol. The van der Waals surface area contributed by atoms with E-state index in [1.54, 1.807) is 26.4 Å². The van der Waals surface area contributed by atoms with Gasteiger partial charge in [-0.3, -0.25) is 4.79 Å². The number of methoxy groups -OCH3 is 2. The third-order valence-electron chi connectivity index (χ3n) is 3.36. The molecule has 2 aromatic rings. The second-order valence-corrected chi connectivity index (χ2v) is 5.69. The fourth-order valence-corrected chi connectivity index (χ4v) is 2.65. The Morgan fingerprint density at radius 1 is 0.952 bits per heavy atom. The van der Waals surface area contributed by atoms with E-state index in [2.05, 4.69) is 15.9 Å². The van der Waals surface area contributed by atoms with E-state index in [1.807, 2.05) is 32.0 Å². The van der Waals surface area contributed by atoms with Gasteiger partial charge in [-0.1, -0.05) is 17.7 Å². The normalized spacial score (nSPS) is 10.3. The Hall–Kier alpha value is -1.81. The molecule has 0 aliphatic carbocycles. The lowest BCUT2D eigenvalue weighted by atomic mass is 9.96. The molecule has 3 nitrogen and oxygen atoms in total. The minimum atomic E-state index is -0.0705. The summed E-state index contributed by atoms with van der Waals surface area (Å²) in [7, 11) is 3.12. The van der Waals surface area contributed by atoms with E-state index in [-0.39, 0.29) is 5.78 Å². The van der Waals surface area contributed by atoms with Gasteiger partial charge in [-0.25, -0.2) is 0 Å². The van der Waals surface area contributed by atoms with Gasteiger partial charge in [0, 0.05) is 5.56 Å². The Labute approximate surface area is 133 Å². The fraction of sp³-hybridized carbons (Fsp3) is 0.235. The van der Waals surface area contributed by atoms with Crippen molar-refractivity contribution < 1.29 is 14.3 Å². The molecule has 0 fully saturated rings. The molecule has 0 saturated heterocycles. The number of aryl methyl sites for hydroxylation is 2. The van der Waals surface area contributed by atoms with Crippen LogP contribution in [0.1, 0.15) is 27.0 Å². The predicted molar refractivity (Wildman–Crippen MR) is 86.6 cm³/mol. The maximum absolute atomic E-state index is 12.8. The monoisotopic (exact) mass is 348 g/mol. The molecule has 0 atom stereocenters. The summed E-state index contributed by atoms with van der Waals surface area (Å²) in [5.74, 6) is 1.05. The van der Waals surface area contributed by atoms with Gasteiger partial charge in [0.05, 0.1) is 24.3 Å². The first-order valence-corrected chi connectivity index (χ1v) is 7.30. The minimum Gasteiger partial charge on any atom is -0.496 e. The topological polar surface area (TPSA) is 35.5 Å². The van der Waals surface area contributed by atoms with Crippen molar-refractivity contribution in [1.82, 2.24) is 0 Å². The maximum atomic E-state index is 12.8. The molecule has 0 saturated carbocycles. The quantitative estimate of drug-likeness (QED) is 0.772. The fourth-order valence-electron chi connectivity index (χ4n) is 2.16. The summed E-state index contributed by atoms with van der Waals surface area (Å²) in [6, 6.07) is 9.28. The van der Waals surface area contributed by atoms with Crippen LogP contribution < -0.4 is 9.47 Å². The van der Waals surface area contributed by atoms with Crippen LogP contribution in [-0.2, 0) is 0 Å². The molecule has 2 aromatic carbocycles. The van der Waals surface area contributed by atoms with Crippen molar-refractivity contribution in [2.75, 3.05) is 14.2 Å². The number of ether oxygens (including phenoxy) is 2. The number of carbonyl (C=O) groups is 1. The molecule has 110 valence electrons. The SMILES string of the molecule is COc1cc(C(=O)c2cc(C)ccc2C)c(OC)cc1Br. The zero-order valence-corrected chi connectivity index (χ0v) is 14.1. The van der Waals surface area contributed by atoms with E-state index in [9.17, 15) is 4.79 Å². The van der Waals surface area contributed by atoms with Crippen molar-refractivity contribution in [1.29, 1.82) is 0 Å². The summed E-state index contributed by atoms with van der Waals surface area (Å²) >= 11 is 3.40. The molecular weight excluding hydrogens is 332 g/mol. The Bertz CT molecular complexity index is 693. The van der Waals surface area contributed by atoms with Crippen LogP contribution in [0.25, 0.3) is 0 Å². The van der Waals surface area contributed by atoms with Gasteiger partial charge < -0.3 is 9.47 Å². The molecule has 4 heteroatoms. The zero-order chi connectivity index (χ0) is 15.6. The summed E-state index contributed by atoms with van der Waals surface area (Å²) < 4.78 is 11.4. The van der Waals surface area contributed by atoms with Crippen LogP contribution in [0, 0.1) is 13.8 Å². The van der Waals surface area contributed by atoms with Crippen LogP contribution >= 0.6 is 15.9 Å². The van der Waals surface area contributed by atoms with Crippen LogP contribution in [-0.4, -0.2) is 20.0 Å². The Morgan fingerprint density at radius 2 is 1.62 bits per heavy atom. The Morgan fingerprint density at radius 3 is 2.24 bits per heavy atom. The second-order valence-electron chi connectivity index (χ2n) is 4.83. The number of benzene rings is 2. The van der Waals surface area contributed by atoms with E-state index in [0.717, 1.165) is 15.6 Å². The molecule has 0 aliphatic heterocycles. The summed E-state index contributed by atoms with van der Waals surface area (Å²) in [6.07, 6.45) is 0. The average Bonchev–Trinajstić information content (AvgIpc) is 2.48. The van der Waals surface area contributed by atoms with Crippen molar-refractivity contribution in [2.45, 2.75) is 13.8 Å². The number of ketones is 1. The van der Waals surface area contributed by atoms with E-state index in [4.69, 9.17) is 9.47 Å². The van der Waals surface area contributed by atoms with E-state index in [0.29, 0.717) is 22.6 Å². The number of hydrogen-bond donors (Lipinski definition) is 0. The maximum Gasteiger partial charge on any atom is 0.197 e. The van der Waals surface area contributed by atoms with Gasteiger partial charge in [0.15, 0.2) is 5.78 Å². The molecule has 0 spiro atoms. The van der Waals surface area contributed by atoms with Crippen LogP contribution in [0.3, 0.4) is 0 Å². The highest BCUT2D eigenvalue weighted by atomic mass is 79.9. The molecule has 0 aromatic heterocycles. The molecule has 0 N–H and O–H groups in total. The predicted octanol–water partition coefficient (Wildman–Crippen LogP) is 4.31. The molecule has 0 amide bonds. The summed E-state index contributed by atoms with van der Waals surface area (Å²) in [5.41, 5.74) is 3.16. The first-order chi connectivity index (χ1) is 9.97. The standard InChI is InChI=1S/C17H17BrO3/c1-10-5-6-11(2)12(7-10)17(19)13-8-16(21-4)14(18)9-15(13)20-3/h5-9H,1-4H3. The van der Waals surface area contributed by atoms with E-state index in [1.165, 1.54) is 0 Å². The number of rotatable bonds is 4. The van der Waals surface area contributed by atoms with Gasteiger partial charge in [-0.05, 0) is 53.5 Å². The smallest absolute Gasteiger partial charge is 0.197 e. The molecule has 0 unspecified atom stereocenters. The van der Waals surface area contributed by atoms with E-state index < -0.39 is 0 Å². The summed E-state index contributed by atoms with van der Waals surface area (Å²) in [5, 5.41) is 0. The van der Waals surface area contributed by atoms with Gasteiger partial charge >= 0.3 is 0 Å². The van der Waals surface area contributed by atoms with Gasteiger partial charge in [0.25, 0.3) is 0 Å². The van der Waals surface area contributed by atoms with Gasteiger partial charge in [-0.2, -0.15) is 0 Å². The van der Waals surface area contributed by atoms with Gasteiger partial charge in [0.1, 0.15) is 11.5 Å². The molecular formula is C17H17BrO3. The number of halogens is 1. The summed E-state index contributed by atoms with van der Waals surface area (Å²) in [6.45, 7) is 3.89. The first kappa shape index (κ1) is 15.6. The Kier molecular flexibility index (Phi) is 4.68. The third kappa shape index (κ3) is 3.10. The molecule has 0 aliphatic rings. The minimum absolute atomic E-state index is 0.0705. The van der Waals surface area contributed by atoms with Crippen LogP contribution in [0.2, 0.25) is 0 Å². The van der Waals surface area contributed by atoms with Crippen molar-refractivity contribution in [2.24, 2.45) is 0 Å². The molecule has 21 heavy (non-hydrogen) atoms. The molecule has 0 heterocycles. The highest BCUT2D eigenvalue weighted by molar-refractivity contribution is 9.10. The van der Waals surface area contributed by atoms with E-state index >= 15 is 0 Å². The van der Waals surface area contributed by atoms with Crippen molar-refractivity contribution in [3.8, 4) is 11.5 Å². The molecule has 0 radical (unpaired) electrons. The van der Waals surface area contributed by atoms with Crippen molar-refractivity contribution in [3.63, 3.8) is 0 Å². The van der Waals surface area contributed by atoms with Gasteiger partial charge in [0.2, 0.25) is 0 Å². The van der Waals surface area contributed by atoms with Crippen LogP contribution in [0.5, 0.6) is 11.5 Å². The zero-order valence-electron chi connectivity index (χ0n) is 12.5. The summed E-state index contributed by atoms with van der Waals surface area (Å²) in [4.78, 5) is 12.8. The molecule has 0 bridgehead atoms. The highest BCUT2D eigenvalue weighted by Gasteiger charge is 2.19. The Balaban J connectivity index is 2.59. The van der Waals surface area contributed by atoms with Crippen LogP contribution in [0.15, 0.2) is 34.8 Å². The van der Waals surface area contributed by atoms with Crippen molar-refractivity contribution >= 4 is 21.7 Å². The largest absolute Gasteiger partial charge is 0.496 e. The van der Waals surface area contributed by atoms with Gasteiger partial charge in [-0.15, -0.1) is 0 Å². The lowest BCUT2D eigenvalue weighted by molar-refractivity contribution is 0.103. The first-order valence-electron chi connectivity index (χ1n) is 6.51. The second kappa shape index (κ2) is 6.31. The highest BCUT2D eigenvalue weighted by Crippen LogP contribution is 2.34. The number of carbonyl (C=O) groups excluding carboxylic acids is 1. The number of hydrogen-bond acceptors (Lipinski definition) is 3. The van der Waals surface area contributed by atoms with Crippen LogP contribution in [0.4, 0.5) is 0 Å².